The summed E-state index contributed by atoms with van der Waals surface area (Å²) in [5.41, 5.74) is 0.861. The van der Waals surface area contributed by atoms with Crippen molar-refractivity contribution >= 4 is 23.6 Å². The van der Waals surface area contributed by atoms with Crippen LogP contribution in [0.3, 0.4) is 0 Å². The van der Waals surface area contributed by atoms with Crippen molar-refractivity contribution in [3.63, 3.8) is 0 Å². The van der Waals surface area contributed by atoms with E-state index in [0.717, 1.165) is 25.0 Å². The lowest BCUT2D eigenvalue weighted by molar-refractivity contribution is -0.117. The Bertz CT molecular complexity index is 812. The summed E-state index contributed by atoms with van der Waals surface area (Å²) in [6.07, 6.45) is 3.39. The molecule has 0 aliphatic carbocycles. The number of amides is 1. The molecule has 1 atom stereocenters. The van der Waals surface area contributed by atoms with E-state index >= 15 is 0 Å². The number of hydrogen-bond donors (Lipinski definition) is 1. The first-order chi connectivity index (χ1) is 12.2. The molecule has 25 heavy (non-hydrogen) atoms. The molecule has 5 nitrogen and oxygen atoms in total. The largest absolute Gasteiger partial charge is 0.457 e. The summed E-state index contributed by atoms with van der Waals surface area (Å²) in [5.74, 6) is 0.649. The lowest BCUT2D eigenvalue weighted by atomic mass is 10.2. The average Bonchev–Trinajstić information content (AvgIpc) is 3.30. The molecule has 0 saturated carbocycles. The lowest BCUT2D eigenvalue weighted by Crippen LogP contribution is -2.32. The van der Waals surface area contributed by atoms with Crippen molar-refractivity contribution < 1.29 is 13.9 Å². The minimum absolute atomic E-state index is 0.00463. The van der Waals surface area contributed by atoms with E-state index in [1.807, 2.05) is 18.2 Å². The number of carbonyl (C=O) groups excluding carboxylic acids is 1. The van der Waals surface area contributed by atoms with E-state index in [2.05, 4.69) is 5.32 Å². The lowest BCUT2D eigenvalue weighted by Gasteiger charge is -2.09. The van der Waals surface area contributed by atoms with Crippen LogP contribution in [0.4, 0.5) is 0 Å². The van der Waals surface area contributed by atoms with Crippen LogP contribution in [-0.4, -0.2) is 25.2 Å². The van der Waals surface area contributed by atoms with Crippen molar-refractivity contribution in [2.75, 3.05) is 13.2 Å². The Morgan fingerprint density at radius 1 is 1.32 bits per heavy atom. The van der Waals surface area contributed by atoms with Gasteiger partial charge in [-0.2, -0.15) is 5.26 Å². The predicted molar refractivity (Wildman–Crippen MR) is 94.7 cm³/mol. The van der Waals surface area contributed by atoms with Crippen LogP contribution in [0.2, 0.25) is 5.02 Å². The van der Waals surface area contributed by atoms with Gasteiger partial charge < -0.3 is 14.5 Å². The predicted octanol–water partition coefficient (Wildman–Crippen LogP) is 3.80. The summed E-state index contributed by atoms with van der Waals surface area (Å²) < 4.78 is 11.1. The van der Waals surface area contributed by atoms with Crippen LogP contribution >= 0.6 is 11.6 Å². The highest BCUT2D eigenvalue weighted by molar-refractivity contribution is 6.30. The molecule has 1 fully saturated rings. The van der Waals surface area contributed by atoms with E-state index < -0.39 is 5.91 Å². The van der Waals surface area contributed by atoms with Gasteiger partial charge in [0.25, 0.3) is 5.91 Å². The van der Waals surface area contributed by atoms with Crippen LogP contribution in [0, 0.1) is 11.3 Å². The van der Waals surface area contributed by atoms with Crippen LogP contribution in [0.25, 0.3) is 17.4 Å². The molecule has 1 aliphatic heterocycles. The Morgan fingerprint density at radius 2 is 2.12 bits per heavy atom. The molecule has 1 aromatic heterocycles. The number of nitriles is 1. The quantitative estimate of drug-likeness (QED) is 0.653. The third kappa shape index (κ3) is 4.50. The summed E-state index contributed by atoms with van der Waals surface area (Å²) in [7, 11) is 0. The van der Waals surface area contributed by atoms with E-state index in [-0.39, 0.29) is 11.7 Å². The fraction of sp³-hybridized carbons (Fsp3) is 0.263. The number of hydrogen-bond acceptors (Lipinski definition) is 4. The van der Waals surface area contributed by atoms with Gasteiger partial charge in [0, 0.05) is 29.8 Å². The summed E-state index contributed by atoms with van der Waals surface area (Å²) >= 11 is 5.87. The summed E-state index contributed by atoms with van der Waals surface area (Å²) in [4.78, 5) is 12.1. The van der Waals surface area contributed by atoms with Gasteiger partial charge in [-0.15, -0.1) is 0 Å². The van der Waals surface area contributed by atoms with Crippen molar-refractivity contribution in [3.8, 4) is 17.4 Å². The molecule has 1 amide bonds. The Morgan fingerprint density at radius 3 is 2.80 bits per heavy atom. The molecule has 2 aromatic rings. The molecular weight excluding hydrogens is 340 g/mol. The Labute approximate surface area is 150 Å². The van der Waals surface area contributed by atoms with Crippen molar-refractivity contribution in [2.24, 2.45) is 0 Å². The molecule has 0 spiro atoms. The third-order valence-corrected chi connectivity index (χ3v) is 4.17. The van der Waals surface area contributed by atoms with Crippen LogP contribution in [0.5, 0.6) is 0 Å². The van der Waals surface area contributed by atoms with Crippen molar-refractivity contribution in [1.29, 1.82) is 5.26 Å². The molecule has 1 saturated heterocycles. The topological polar surface area (TPSA) is 75.3 Å². The number of carbonyl (C=O) groups is 1. The van der Waals surface area contributed by atoms with Gasteiger partial charge in [-0.05, 0) is 49.2 Å². The number of rotatable bonds is 5. The normalized spacial score (nSPS) is 17.3. The molecule has 0 radical (unpaired) electrons. The van der Waals surface area contributed by atoms with Crippen LogP contribution < -0.4 is 5.32 Å². The van der Waals surface area contributed by atoms with Gasteiger partial charge in [-0.1, -0.05) is 11.6 Å². The van der Waals surface area contributed by atoms with Gasteiger partial charge >= 0.3 is 0 Å². The molecule has 128 valence electrons. The van der Waals surface area contributed by atoms with Gasteiger partial charge in [0.2, 0.25) is 0 Å². The van der Waals surface area contributed by atoms with Crippen LogP contribution in [0.1, 0.15) is 18.6 Å². The minimum Gasteiger partial charge on any atom is -0.457 e. The van der Waals surface area contributed by atoms with Crippen molar-refractivity contribution in [3.05, 3.63) is 52.8 Å². The second kappa shape index (κ2) is 8.02. The highest BCUT2D eigenvalue weighted by Crippen LogP contribution is 2.24. The van der Waals surface area contributed by atoms with Crippen molar-refractivity contribution in [2.45, 2.75) is 18.9 Å². The van der Waals surface area contributed by atoms with E-state index in [4.69, 9.17) is 20.8 Å². The highest BCUT2D eigenvalue weighted by atomic mass is 35.5. The average molecular weight is 357 g/mol. The first kappa shape index (κ1) is 17.3. The van der Waals surface area contributed by atoms with Gasteiger partial charge in [0.15, 0.2) is 0 Å². The first-order valence-corrected chi connectivity index (χ1v) is 8.41. The van der Waals surface area contributed by atoms with Crippen molar-refractivity contribution in [1.82, 2.24) is 5.32 Å². The molecule has 0 bridgehead atoms. The fourth-order valence-electron chi connectivity index (χ4n) is 2.60. The van der Waals surface area contributed by atoms with Gasteiger partial charge in [0.1, 0.15) is 23.2 Å². The zero-order valence-electron chi connectivity index (χ0n) is 13.5. The molecule has 1 aliphatic rings. The van der Waals surface area contributed by atoms with E-state index in [0.29, 0.717) is 23.1 Å². The summed E-state index contributed by atoms with van der Waals surface area (Å²) in [5, 5.41) is 12.6. The molecular formula is C19H17ClN2O3. The fourth-order valence-corrected chi connectivity index (χ4v) is 2.72. The smallest absolute Gasteiger partial charge is 0.262 e. The van der Waals surface area contributed by atoms with E-state index in [1.54, 1.807) is 24.3 Å². The minimum atomic E-state index is -0.428. The Balaban J connectivity index is 1.68. The molecule has 3 rings (SSSR count). The molecule has 1 aromatic carbocycles. The number of nitrogens with zero attached hydrogens (tertiary/aromatic N) is 1. The summed E-state index contributed by atoms with van der Waals surface area (Å²) in [6, 6.07) is 12.6. The maximum atomic E-state index is 12.1. The zero-order chi connectivity index (χ0) is 17.6. The molecule has 1 N–H and O–H groups in total. The van der Waals surface area contributed by atoms with Crippen LogP contribution in [0.15, 0.2) is 46.4 Å². The second-order valence-electron chi connectivity index (χ2n) is 5.72. The Hall–Kier alpha value is -2.55. The molecule has 0 unspecified atom stereocenters. The standard InChI is InChI=1S/C19H17ClN2O3/c20-15-5-3-13(4-6-15)18-8-7-16(25-18)10-14(11-21)19(23)22-12-17-2-1-9-24-17/h3-8,10,17H,1-2,9,12H2,(H,22,23)/b14-10-/t17-/m0/s1. The monoisotopic (exact) mass is 356 g/mol. The number of halogens is 1. The maximum Gasteiger partial charge on any atom is 0.262 e. The SMILES string of the molecule is N#C/C(=C/c1ccc(-c2ccc(Cl)cc2)o1)C(=O)NC[C@@H]1CCCO1. The molecule has 2 heterocycles. The van der Waals surface area contributed by atoms with Crippen LogP contribution in [-0.2, 0) is 9.53 Å². The second-order valence-corrected chi connectivity index (χ2v) is 6.16. The number of nitrogens with one attached hydrogen (secondary N) is 1. The third-order valence-electron chi connectivity index (χ3n) is 3.92. The van der Waals surface area contributed by atoms with Gasteiger partial charge in [0.05, 0.1) is 6.10 Å². The van der Waals surface area contributed by atoms with E-state index in [1.165, 1.54) is 6.08 Å². The molecule has 6 heteroatoms. The Kier molecular flexibility index (Phi) is 5.54. The number of furan rings is 1. The first-order valence-electron chi connectivity index (χ1n) is 8.03. The van der Waals surface area contributed by atoms with E-state index in [9.17, 15) is 10.1 Å². The van der Waals surface area contributed by atoms with Gasteiger partial charge in [-0.3, -0.25) is 4.79 Å². The maximum absolute atomic E-state index is 12.1. The number of ether oxygens (including phenoxy) is 1. The number of benzene rings is 1. The highest BCUT2D eigenvalue weighted by Gasteiger charge is 2.18. The zero-order valence-corrected chi connectivity index (χ0v) is 14.3. The van der Waals surface area contributed by atoms with Gasteiger partial charge in [-0.25, -0.2) is 0 Å². The summed E-state index contributed by atoms with van der Waals surface area (Å²) in [6.45, 7) is 1.13.